The van der Waals surface area contributed by atoms with Crippen LogP contribution in [0.3, 0.4) is 0 Å². The van der Waals surface area contributed by atoms with Crippen LogP contribution in [0.25, 0.3) is 0 Å². The molecule has 0 saturated heterocycles. The van der Waals surface area contributed by atoms with E-state index < -0.39 is 0 Å². The average molecular weight is 233 g/mol. The summed E-state index contributed by atoms with van der Waals surface area (Å²) in [4.78, 5) is 0. The van der Waals surface area contributed by atoms with Crippen molar-refractivity contribution in [1.29, 1.82) is 0 Å². The van der Waals surface area contributed by atoms with E-state index >= 15 is 0 Å². The van der Waals surface area contributed by atoms with Crippen LogP contribution in [0.2, 0.25) is 0 Å². The van der Waals surface area contributed by atoms with Crippen LogP contribution in [0.15, 0.2) is 3.92 Å². The molecule has 1 unspecified atom stereocenters. The number of aromatic nitrogens is 2. The number of ether oxygens (including phenoxy) is 1. The Labute approximate surface area is 76.9 Å². The van der Waals surface area contributed by atoms with Gasteiger partial charge in [-0.2, -0.15) is 0 Å². The van der Waals surface area contributed by atoms with Crippen molar-refractivity contribution in [3.8, 4) is 17.5 Å². The summed E-state index contributed by atoms with van der Waals surface area (Å²) in [6.45, 7) is 1.77. The Morgan fingerprint density at radius 1 is 1.73 bits per heavy atom. The first-order valence-corrected chi connectivity index (χ1v) is 4.45. The van der Waals surface area contributed by atoms with Gasteiger partial charge >= 0.3 is 0 Å². The molecule has 0 radical (unpaired) electrons. The molecule has 0 amide bonds. The van der Waals surface area contributed by atoms with Crippen molar-refractivity contribution >= 4 is 27.3 Å². The smallest absolute Gasteiger partial charge is 0.296 e. The number of halogens is 1. The van der Waals surface area contributed by atoms with E-state index in [1.54, 1.807) is 6.92 Å². The summed E-state index contributed by atoms with van der Waals surface area (Å²) in [6.07, 6.45) is 4.84. The van der Waals surface area contributed by atoms with Gasteiger partial charge in [0.05, 0.1) is 0 Å². The lowest BCUT2D eigenvalue weighted by molar-refractivity contribution is 0.275. The van der Waals surface area contributed by atoms with E-state index in [-0.39, 0.29) is 6.10 Å². The molecule has 5 heteroatoms. The molecule has 0 N–H and O–H groups in total. The van der Waals surface area contributed by atoms with Crippen molar-refractivity contribution in [2.75, 3.05) is 0 Å². The molecule has 1 atom stereocenters. The molecule has 0 saturated carbocycles. The first-order valence-electron chi connectivity index (χ1n) is 2.84. The Morgan fingerprint density at radius 2 is 2.45 bits per heavy atom. The summed E-state index contributed by atoms with van der Waals surface area (Å²) in [5.41, 5.74) is 0. The lowest BCUT2D eigenvalue weighted by atomic mass is 10.4. The van der Waals surface area contributed by atoms with E-state index in [1.165, 1.54) is 11.3 Å². The zero-order chi connectivity index (χ0) is 8.27. The molecule has 1 aromatic rings. The summed E-state index contributed by atoms with van der Waals surface area (Å²) in [5.74, 6) is 2.42. The van der Waals surface area contributed by atoms with Gasteiger partial charge in [0, 0.05) is 0 Å². The molecule has 1 rings (SSSR count). The molecule has 11 heavy (non-hydrogen) atoms. The second kappa shape index (κ2) is 3.69. The van der Waals surface area contributed by atoms with Crippen molar-refractivity contribution < 1.29 is 4.74 Å². The monoisotopic (exact) mass is 232 g/mol. The van der Waals surface area contributed by atoms with Gasteiger partial charge in [0.1, 0.15) is 0 Å². The van der Waals surface area contributed by atoms with E-state index in [9.17, 15) is 0 Å². The molecule has 0 aliphatic rings. The van der Waals surface area contributed by atoms with Gasteiger partial charge in [-0.1, -0.05) is 11.0 Å². The van der Waals surface area contributed by atoms with Crippen LogP contribution < -0.4 is 4.74 Å². The predicted molar refractivity (Wildman–Crippen MR) is 46.5 cm³/mol. The van der Waals surface area contributed by atoms with Crippen LogP contribution in [-0.4, -0.2) is 16.3 Å². The van der Waals surface area contributed by atoms with Crippen LogP contribution in [0, 0.1) is 12.3 Å². The zero-order valence-corrected chi connectivity index (χ0v) is 8.15. The Morgan fingerprint density at radius 3 is 2.91 bits per heavy atom. The Bertz CT molecular complexity index is 280. The summed E-state index contributed by atoms with van der Waals surface area (Å²) >= 11 is 4.47. The first kappa shape index (κ1) is 8.50. The van der Waals surface area contributed by atoms with Crippen LogP contribution in [0.5, 0.6) is 5.19 Å². The second-order valence-electron chi connectivity index (χ2n) is 1.75. The highest BCUT2D eigenvalue weighted by atomic mass is 79.9. The van der Waals surface area contributed by atoms with E-state index in [0.717, 1.165) is 0 Å². The van der Waals surface area contributed by atoms with Crippen LogP contribution in [-0.2, 0) is 0 Å². The number of nitrogens with zero attached hydrogens (tertiary/aromatic N) is 2. The van der Waals surface area contributed by atoms with Gasteiger partial charge in [-0.25, -0.2) is 0 Å². The maximum atomic E-state index is 5.16. The maximum absolute atomic E-state index is 5.16. The molecule has 3 nitrogen and oxygen atoms in total. The Balaban J connectivity index is 2.59. The number of terminal acetylenes is 1. The zero-order valence-electron chi connectivity index (χ0n) is 5.74. The van der Waals surface area contributed by atoms with E-state index in [1.807, 2.05) is 0 Å². The third kappa shape index (κ3) is 2.48. The highest BCUT2D eigenvalue weighted by Gasteiger charge is 2.04. The predicted octanol–water partition coefficient (Wildman–Crippen LogP) is 1.70. The number of hydrogen-bond donors (Lipinski definition) is 0. The number of rotatable bonds is 2. The maximum Gasteiger partial charge on any atom is 0.296 e. The third-order valence-corrected chi connectivity index (χ3v) is 2.14. The summed E-state index contributed by atoms with van der Waals surface area (Å²) in [5, 5.41) is 7.89. The average Bonchev–Trinajstić information content (AvgIpc) is 2.35. The summed E-state index contributed by atoms with van der Waals surface area (Å²) in [7, 11) is 0. The van der Waals surface area contributed by atoms with Crippen molar-refractivity contribution in [3.63, 3.8) is 0 Å². The molecule has 0 fully saturated rings. The lowest BCUT2D eigenvalue weighted by Gasteiger charge is -2.01. The van der Waals surface area contributed by atoms with Gasteiger partial charge in [-0.3, -0.25) is 0 Å². The third-order valence-electron chi connectivity index (χ3n) is 0.894. The standard InChI is InChI=1S/C6H5BrN2OS/c1-3-4(2)10-6-9-8-5(7)11-6/h1,4H,2H3. The first-order chi connectivity index (χ1) is 5.22. The van der Waals surface area contributed by atoms with Gasteiger partial charge in [-0.05, 0) is 34.2 Å². The topological polar surface area (TPSA) is 35.0 Å². The van der Waals surface area contributed by atoms with Crippen molar-refractivity contribution in [2.24, 2.45) is 0 Å². The van der Waals surface area contributed by atoms with Crippen LogP contribution >= 0.6 is 27.3 Å². The molecular weight excluding hydrogens is 228 g/mol. The SMILES string of the molecule is C#CC(C)Oc1nnc(Br)s1. The van der Waals surface area contributed by atoms with Crippen molar-refractivity contribution in [3.05, 3.63) is 3.92 Å². The molecule has 0 aliphatic carbocycles. The molecule has 0 spiro atoms. The van der Waals surface area contributed by atoms with E-state index in [2.05, 4.69) is 32.0 Å². The highest BCUT2D eigenvalue weighted by molar-refractivity contribution is 9.11. The fourth-order valence-corrected chi connectivity index (χ4v) is 1.42. The molecule has 0 aliphatic heterocycles. The van der Waals surface area contributed by atoms with Gasteiger partial charge in [0.25, 0.3) is 5.19 Å². The minimum Gasteiger partial charge on any atom is -0.453 e. The molecule has 0 aromatic carbocycles. The van der Waals surface area contributed by atoms with Crippen molar-refractivity contribution in [1.82, 2.24) is 10.2 Å². The second-order valence-corrected chi connectivity index (χ2v) is 3.96. The Hall–Kier alpha value is -0.600. The van der Waals surface area contributed by atoms with Gasteiger partial charge < -0.3 is 4.74 Å². The van der Waals surface area contributed by atoms with Gasteiger partial charge in [-0.15, -0.1) is 11.5 Å². The van der Waals surface area contributed by atoms with Gasteiger partial charge in [0.15, 0.2) is 10.0 Å². The van der Waals surface area contributed by atoms with Crippen molar-refractivity contribution in [2.45, 2.75) is 13.0 Å². The van der Waals surface area contributed by atoms with Crippen LogP contribution in [0.1, 0.15) is 6.92 Å². The largest absolute Gasteiger partial charge is 0.453 e. The van der Waals surface area contributed by atoms with Gasteiger partial charge in [0.2, 0.25) is 0 Å². The molecule has 1 heterocycles. The minimum absolute atomic E-state index is 0.255. The summed E-state index contributed by atoms with van der Waals surface area (Å²) < 4.78 is 5.85. The molecule has 58 valence electrons. The Kier molecular flexibility index (Phi) is 2.85. The van der Waals surface area contributed by atoms with E-state index in [0.29, 0.717) is 9.11 Å². The van der Waals surface area contributed by atoms with E-state index in [4.69, 9.17) is 11.2 Å². The molecule has 0 bridgehead atoms. The quantitative estimate of drug-likeness (QED) is 0.729. The summed E-state index contributed by atoms with van der Waals surface area (Å²) in [6, 6.07) is 0. The fourth-order valence-electron chi connectivity index (χ4n) is 0.426. The molecular formula is C6H5BrN2OS. The minimum atomic E-state index is -0.255. The highest BCUT2D eigenvalue weighted by Crippen LogP contribution is 2.22. The fraction of sp³-hybridized carbons (Fsp3) is 0.333. The normalized spacial score (nSPS) is 12.1. The lowest BCUT2D eigenvalue weighted by Crippen LogP contribution is -2.07. The number of hydrogen-bond acceptors (Lipinski definition) is 4. The van der Waals surface area contributed by atoms with Crippen LogP contribution in [0.4, 0.5) is 0 Å². The molecule has 1 aromatic heterocycles.